The first-order valence-electron chi connectivity index (χ1n) is 9.19. The Morgan fingerprint density at radius 2 is 1.90 bits per heavy atom. The van der Waals surface area contributed by atoms with Gasteiger partial charge in [-0.05, 0) is 74.1 Å². The Hall–Kier alpha value is -0.820. The summed E-state index contributed by atoms with van der Waals surface area (Å²) in [6, 6.07) is 8.10. The van der Waals surface area contributed by atoms with Crippen molar-refractivity contribution in [2.24, 2.45) is 5.92 Å². The van der Waals surface area contributed by atoms with Gasteiger partial charge in [-0.3, -0.25) is 0 Å². The molecule has 1 heteroatoms. The number of rotatable bonds is 5. The third-order valence-corrected chi connectivity index (χ3v) is 5.40. The van der Waals surface area contributed by atoms with Crippen molar-refractivity contribution in [3.63, 3.8) is 0 Å². The zero-order valence-electron chi connectivity index (χ0n) is 13.7. The van der Waals surface area contributed by atoms with E-state index in [1.54, 1.807) is 16.7 Å². The molecule has 1 nitrogen and oxygen atoms in total. The van der Waals surface area contributed by atoms with Crippen molar-refractivity contribution in [3.05, 3.63) is 34.9 Å². The Morgan fingerprint density at radius 1 is 1.05 bits per heavy atom. The highest BCUT2D eigenvalue weighted by atomic mass is 14.9. The topological polar surface area (TPSA) is 12.0 Å². The molecule has 0 aliphatic heterocycles. The molecule has 3 rings (SSSR count). The molecule has 0 amide bonds. The Kier molecular flexibility index (Phi) is 5.35. The van der Waals surface area contributed by atoms with Gasteiger partial charge < -0.3 is 5.32 Å². The fourth-order valence-corrected chi connectivity index (χ4v) is 4.27. The van der Waals surface area contributed by atoms with Crippen LogP contribution in [-0.2, 0) is 19.3 Å². The number of benzene rings is 1. The molecule has 0 saturated heterocycles. The van der Waals surface area contributed by atoms with Crippen LogP contribution in [0.3, 0.4) is 0 Å². The van der Waals surface area contributed by atoms with E-state index in [4.69, 9.17) is 0 Å². The number of fused-ring (bicyclic) bond motifs is 1. The Balaban J connectivity index is 1.60. The molecule has 1 N–H and O–H groups in total. The van der Waals surface area contributed by atoms with Gasteiger partial charge in [0.05, 0.1) is 0 Å². The summed E-state index contributed by atoms with van der Waals surface area (Å²) in [6.45, 7) is 3.46. The van der Waals surface area contributed by atoms with E-state index >= 15 is 0 Å². The lowest BCUT2D eigenvalue weighted by Crippen LogP contribution is -2.31. The van der Waals surface area contributed by atoms with Crippen molar-refractivity contribution in [1.29, 1.82) is 0 Å². The Labute approximate surface area is 130 Å². The van der Waals surface area contributed by atoms with E-state index in [0.717, 1.165) is 12.0 Å². The fraction of sp³-hybridized carbons (Fsp3) is 0.700. The lowest BCUT2D eigenvalue weighted by Gasteiger charge is -2.21. The number of hydrogen-bond acceptors (Lipinski definition) is 1. The first kappa shape index (κ1) is 15.1. The van der Waals surface area contributed by atoms with Gasteiger partial charge in [-0.2, -0.15) is 0 Å². The minimum atomic E-state index is 0.770. The molecule has 116 valence electrons. The van der Waals surface area contributed by atoms with Gasteiger partial charge in [-0.25, -0.2) is 0 Å². The number of hydrogen-bond donors (Lipinski definition) is 1. The van der Waals surface area contributed by atoms with E-state index in [2.05, 4.69) is 30.4 Å². The van der Waals surface area contributed by atoms with E-state index in [0.29, 0.717) is 0 Å². The van der Waals surface area contributed by atoms with Crippen LogP contribution < -0.4 is 5.32 Å². The largest absolute Gasteiger partial charge is 0.314 e. The molecule has 0 spiro atoms. The van der Waals surface area contributed by atoms with Gasteiger partial charge in [0.25, 0.3) is 0 Å². The van der Waals surface area contributed by atoms with Crippen LogP contribution in [0.25, 0.3) is 0 Å². The van der Waals surface area contributed by atoms with Crippen LogP contribution >= 0.6 is 0 Å². The molecule has 2 atom stereocenters. The molecule has 2 aliphatic carbocycles. The zero-order chi connectivity index (χ0) is 14.5. The summed E-state index contributed by atoms with van der Waals surface area (Å²) < 4.78 is 0. The summed E-state index contributed by atoms with van der Waals surface area (Å²) in [4.78, 5) is 0. The highest BCUT2D eigenvalue weighted by Gasteiger charge is 2.20. The summed E-state index contributed by atoms with van der Waals surface area (Å²) in [5, 5.41) is 3.77. The molecule has 1 aromatic carbocycles. The van der Waals surface area contributed by atoms with Gasteiger partial charge in [-0.1, -0.05) is 44.4 Å². The average Bonchev–Trinajstić information content (AvgIpc) is 2.84. The molecule has 1 saturated carbocycles. The van der Waals surface area contributed by atoms with Gasteiger partial charge >= 0.3 is 0 Å². The van der Waals surface area contributed by atoms with Crippen LogP contribution in [0.4, 0.5) is 0 Å². The second kappa shape index (κ2) is 7.45. The maximum absolute atomic E-state index is 3.77. The molecule has 21 heavy (non-hydrogen) atoms. The molecule has 1 aromatic rings. The Bertz CT molecular complexity index is 451. The quantitative estimate of drug-likeness (QED) is 0.775. The van der Waals surface area contributed by atoms with Gasteiger partial charge in [-0.15, -0.1) is 0 Å². The molecular weight excluding hydrogens is 254 g/mol. The minimum absolute atomic E-state index is 0.770. The molecule has 2 unspecified atom stereocenters. The number of aryl methyl sites for hydroxylation is 2. The standard InChI is InChI=1S/C20H31N/c1-2-12-21-20-9-4-3-6-16(15-20)13-17-10-11-18-7-5-8-19(18)14-17/h10-11,14,16,20-21H,2-9,12-13,15H2,1H3. The third-order valence-electron chi connectivity index (χ3n) is 5.40. The summed E-state index contributed by atoms with van der Waals surface area (Å²) in [5.41, 5.74) is 4.85. The van der Waals surface area contributed by atoms with Crippen LogP contribution in [0.1, 0.15) is 68.6 Å². The van der Waals surface area contributed by atoms with E-state index in [-0.39, 0.29) is 0 Å². The smallest absolute Gasteiger partial charge is 0.00698 e. The van der Waals surface area contributed by atoms with E-state index in [9.17, 15) is 0 Å². The summed E-state index contributed by atoms with van der Waals surface area (Å²) in [6.07, 6.45) is 13.6. The molecule has 0 radical (unpaired) electrons. The first-order chi connectivity index (χ1) is 10.3. The molecular formula is C20H31N. The van der Waals surface area contributed by atoms with Crippen LogP contribution in [-0.4, -0.2) is 12.6 Å². The second-order valence-electron chi connectivity index (χ2n) is 7.20. The SMILES string of the molecule is CCCNC1CCCCC(Cc2ccc3c(c2)CCC3)C1. The number of nitrogens with one attached hydrogen (secondary N) is 1. The van der Waals surface area contributed by atoms with Crippen LogP contribution in [0, 0.1) is 5.92 Å². The minimum Gasteiger partial charge on any atom is -0.314 e. The molecule has 2 aliphatic rings. The maximum atomic E-state index is 3.77. The maximum Gasteiger partial charge on any atom is 0.00698 e. The fourth-order valence-electron chi connectivity index (χ4n) is 4.27. The van der Waals surface area contributed by atoms with Crippen molar-refractivity contribution >= 4 is 0 Å². The molecule has 0 heterocycles. The predicted molar refractivity (Wildman–Crippen MR) is 90.8 cm³/mol. The van der Waals surface area contributed by atoms with Crippen molar-refractivity contribution in [1.82, 2.24) is 5.32 Å². The molecule has 1 fully saturated rings. The monoisotopic (exact) mass is 285 g/mol. The highest BCUT2D eigenvalue weighted by Crippen LogP contribution is 2.29. The van der Waals surface area contributed by atoms with Crippen LogP contribution in [0.2, 0.25) is 0 Å². The molecule has 0 bridgehead atoms. The Morgan fingerprint density at radius 3 is 2.81 bits per heavy atom. The van der Waals surface area contributed by atoms with E-state index in [1.807, 2.05) is 0 Å². The van der Waals surface area contributed by atoms with Gasteiger partial charge in [0.2, 0.25) is 0 Å². The predicted octanol–water partition coefficient (Wildman–Crippen LogP) is 4.67. The van der Waals surface area contributed by atoms with Gasteiger partial charge in [0, 0.05) is 6.04 Å². The average molecular weight is 285 g/mol. The van der Waals surface area contributed by atoms with E-state index in [1.165, 1.54) is 70.8 Å². The third kappa shape index (κ3) is 4.10. The van der Waals surface area contributed by atoms with Crippen LogP contribution in [0.5, 0.6) is 0 Å². The normalized spacial score (nSPS) is 25.6. The van der Waals surface area contributed by atoms with Crippen molar-refractivity contribution in [2.75, 3.05) is 6.54 Å². The highest BCUT2D eigenvalue weighted by molar-refractivity contribution is 5.35. The van der Waals surface area contributed by atoms with Gasteiger partial charge in [0.1, 0.15) is 0 Å². The summed E-state index contributed by atoms with van der Waals surface area (Å²) >= 11 is 0. The summed E-state index contributed by atoms with van der Waals surface area (Å²) in [5.74, 6) is 0.890. The van der Waals surface area contributed by atoms with E-state index < -0.39 is 0 Å². The summed E-state index contributed by atoms with van der Waals surface area (Å²) in [7, 11) is 0. The zero-order valence-corrected chi connectivity index (χ0v) is 13.7. The first-order valence-corrected chi connectivity index (χ1v) is 9.19. The van der Waals surface area contributed by atoms with Crippen molar-refractivity contribution in [3.8, 4) is 0 Å². The lowest BCUT2D eigenvalue weighted by molar-refractivity contribution is 0.384. The molecule has 0 aromatic heterocycles. The second-order valence-corrected chi connectivity index (χ2v) is 7.20. The van der Waals surface area contributed by atoms with Gasteiger partial charge in [0.15, 0.2) is 0 Å². The van der Waals surface area contributed by atoms with Crippen molar-refractivity contribution in [2.45, 2.75) is 77.2 Å². The van der Waals surface area contributed by atoms with Crippen LogP contribution in [0.15, 0.2) is 18.2 Å². The van der Waals surface area contributed by atoms with Crippen molar-refractivity contribution < 1.29 is 0 Å². The lowest BCUT2D eigenvalue weighted by atomic mass is 9.90.